The van der Waals surface area contributed by atoms with Crippen molar-refractivity contribution in [1.29, 1.82) is 0 Å². The van der Waals surface area contributed by atoms with Crippen LogP contribution in [0, 0.1) is 0 Å². The molecule has 0 atom stereocenters. The molecule has 1 fully saturated rings. The first-order chi connectivity index (χ1) is 9.30. The van der Waals surface area contributed by atoms with E-state index in [2.05, 4.69) is 5.10 Å². The van der Waals surface area contributed by atoms with Crippen molar-refractivity contribution in [3.8, 4) is 5.69 Å². The van der Waals surface area contributed by atoms with Gasteiger partial charge >= 0.3 is 0 Å². The summed E-state index contributed by atoms with van der Waals surface area (Å²) in [4.78, 5) is 0. The molecule has 1 aliphatic carbocycles. The SMILES string of the molecule is OC1(c2ccnn2-c2ccccc2)CCCCCC1. The minimum Gasteiger partial charge on any atom is -0.384 e. The average Bonchev–Trinajstić information content (AvgIpc) is 2.84. The molecule has 1 saturated carbocycles. The van der Waals surface area contributed by atoms with Gasteiger partial charge in [0.1, 0.15) is 5.60 Å². The van der Waals surface area contributed by atoms with Crippen LogP contribution in [0.3, 0.4) is 0 Å². The van der Waals surface area contributed by atoms with Gasteiger partial charge in [-0.25, -0.2) is 4.68 Å². The van der Waals surface area contributed by atoms with Gasteiger partial charge in [-0.05, 0) is 31.0 Å². The topological polar surface area (TPSA) is 38.1 Å². The Kier molecular flexibility index (Phi) is 3.38. The molecular formula is C16H20N2O. The van der Waals surface area contributed by atoms with Crippen LogP contribution in [0.15, 0.2) is 42.6 Å². The second kappa shape index (κ2) is 5.17. The van der Waals surface area contributed by atoms with Crippen molar-refractivity contribution in [2.45, 2.75) is 44.1 Å². The molecule has 0 radical (unpaired) electrons. The Morgan fingerprint density at radius 1 is 0.947 bits per heavy atom. The van der Waals surface area contributed by atoms with Gasteiger partial charge in [-0.2, -0.15) is 5.10 Å². The first-order valence-electron chi connectivity index (χ1n) is 7.12. The summed E-state index contributed by atoms with van der Waals surface area (Å²) < 4.78 is 1.88. The van der Waals surface area contributed by atoms with Crippen LogP contribution < -0.4 is 0 Å². The third kappa shape index (κ3) is 2.43. The Labute approximate surface area is 113 Å². The van der Waals surface area contributed by atoms with Gasteiger partial charge in [0.25, 0.3) is 0 Å². The van der Waals surface area contributed by atoms with Gasteiger partial charge in [0.2, 0.25) is 0 Å². The first kappa shape index (κ1) is 12.4. The molecule has 0 spiro atoms. The molecule has 0 amide bonds. The fourth-order valence-electron chi connectivity index (χ4n) is 3.00. The van der Waals surface area contributed by atoms with Crippen molar-refractivity contribution in [1.82, 2.24) is 9.78 Å². The van der Waals surface area contributed by atoms with E-state index in [4.69, 9.17) is 0 Å². The molecule has 3 heteroatoms. The molecule has 2 aromatic rings. The zero-order valence-electron chi connectivity index (χ0n) is 11.1. The predicted octanol–water partition coefficient (Wildman–Crippen LogP) is 3.41. The number of hydrogen-bond donors (Lipinski definition) is 1. The first-order valence-corrected chi connectivity index (χ1v) is 7.12. The van der Waals surface area contributed by atoms with Gasteiger partial charge in [0, 0.05) is 6.20 Å². The number of aromatic nitrogens is 2. The van der Waals surface area contributed by atoms with E-state index in [1.807, 2.05) is 41.1 Å². The van der Waals surface area contributed by atoms with Crippen molar-refractivity contribution >= 4 is 0 Å². The summed E-state index contributed by atoms with van der Waals surface area (Å²) in [6.07, 6.45) is 8.10. The summed E-state index contributed by atoms with van der Waals surface area (Å²) >= 11 is 0. The quantitative estimate of drug-likeness (QED) is 0.836. The summed E-state index contributed by atoms with van der Waals surface area (Å²) in [5.41, 5.74) is 1.23. The minimum atomic E-state index is -0.719. The summed E-state index contributed by atoms with van der Waals surface area (Å²) in [5, 5.41) is 15.4. The third-order valence-corrected chi connectivity index (χ3v) is 4.05. The lowest BCUT2D eigenvalue weighted by atomic mass is 9.90. The van der Waals surface area contributed by atoms with Crippen LogP contribution in [0.25, 0.3) is 5.69 Å². The second-order valence-corrected chi connectivity index (χ2v) is 5.41. The number of hydrogen-bond acceptors (Lipinski definition) is 2. The van der Waals surface area contributed by atoms with Crippen molar-refractivity contribution in [3.05, 3.63) is 48.3 Å². The Bertz CT molecular complexity index is 525. The number of para-hydroxylation sites is 1. The highest BCUT2D eigenvalue weighted by molar-refractivity contribution is 5.34. The van der Waals surface area contributed by atoms with Crippen molar-refractivity contribution in [3.63, 3.8) is 0 Å². The number of rotatable bonds is 2. The number of benzene rings is 1. The van der Waals surface area contributed by atoms with Gasteiger partial charge < -0.3 is 5.11 Å². The second-order valence-electron chi connectivity index (χ2n) is 5.41. The molecule has 1 aromatic carbocycles. The summed E-state index contributed by atoms with van der Waals surface area (Å²) in [7, 11) is 0. The van der Waals surface area contributed by atoms with Gasteiger partial charge in [0.05, 0.1) is 11.4 Å². The molecule has 1 N–H and O–H groups in total. The molecule has 0 bridgehead atoms. The summed E-state index contributed by atoms with van der Waals surface area (Å²) in [5.74, 6) is 0. The van der Waals surface area contributed by atoms with E-state index >= 15 is 0 Å². The van der Waals surface area contributed by atoms with Crippen molar-refractivity contribution < 1.29 is 5.11 Å². The van der Waals surface area contributed by atoms with Crippen LogP contribution in [0.4, 0.5) is 0 Å². The van der Waals surface area contributed by atoms with Crippen molar-refractivity contribution in [2.75, 3.05) is 0 Å². The molecule has 100 valence electrons. The maximum Gasteiger partial charge on any atom is 0.107 e. The molecule has 1 aliphatic rings. The third-order valence-electron chi connectivity index (χ3n) is 4.05. The van der Waals surface area contributed by atoms with E-state index in [-0.39, 0.29) is 0 Å². The Morgan fingerprint density at radius 3 is 2.32 bits per heavy atom. The average molecular weight is 256 g/mol. The Balaban J connectivity index is 1.99. The van der Waals surface area contributed by atoms with E-state index in [0.717, 1.165) is 37.1 Å². The minimum absolute atomic E-state index is 0.719. The molecule has 0 saturated heterocycles. The summed E-state index contributed by atoms with van der Waals surface area (Å²) in [6, 6.07) is 12.0. The lowest BCUT2D eigenvalue weighted by Crippen LogP contribution is -2.28. The van der Waals surface area contributed by atoms with Crippen LogP contribution in [-0.2, 0) is 5.60 Å². The van der Waals surface area contributed by atoms with Gasteiger partial charge in [-0.1, -0.05) is 43.9 Å². The Hall–Kier alpha value is -1.61. The fourth-order valence-corrected chi connectivity index (χ4v) is 3.00. The number of aliphatic hydroxyl groups is 1. The molecule has 3 nitrogen and oxygen atoms in total. The highest BCUT2D eigenvalue weighted by Gasteiger charge is 2.33. The normalized spacial score (nSPS) is 19.0. The van der Waals surface area contributed by atoms with Crippen LogP contribution in [0.2, 0.25) is 0 Å². The van der Waals surface area contributed by atoms with Crippen LogP contribution in [0.1, 0.15) is 44.2 Å². The van der Waals surface area contributed by atoms with Gasteiger partial charge in [0.15, 0.2) is 0 Å². The monoisotopic (exact) mass is 256 g/mol. The van der Waals surface area contributed by atoms with E-state index in [9.17, 15) is 5.11 Å². The molecule has 0 aliphatic heterocycles. The fraction of sp³-hybridized carbons (Fsp3) is 0.438. The van der Waals surface area contributed by atoms with Gasteiger partial charge in [-0.15, -0.1) is 0 Å². The zero-order chi connectivity index (χ0) is 13.1. The summed E-state index contributed by atoms with van der Waals surface area (Å²) in [6.45, 7) is 0. The maximum atomic E-state index is 11.0. The number of nitrogens with zero attached hydrogens (tertiary/aromatic N) is 2. The van der Waals surface area contributed by atoms with E-state index in [0.29, 0.717) is 0 Å². The highest BCUT2D eigenvalue weighted by Crippen LogP contribution is 2.36. The lowest BCUT2D eigenvalue weighted by Gasteiger charge is -2.27. The van der Waals surface area contributed by atoms with Crippen molar-refractivity contribution in [2.24, 2.45) is 0 Å². The van der Waals surface area contributed by atoms with Gasteiger partial charge in [-0.3, -0.25) is 0 Å². The molecule has 1 heterocycles. The van der Waals surface area contributed by atoms with Crippen LogP contribution >= 0.6 is 0 Å². The lowest BCUT2D eigenvalue weighted by molar-refractivity contribution is 0.0141. The van der Waals surface area contributed by atoms with E-state index < -0.39 is 5.60 Å². The molecular weight excluding hydrogens is 236 g/mol. The van der Waals surface area contributed by atoms with E-state index in [1.54, 1.807) is 6.20 Å². The standard InChI is InChI=1S/C16H20N2O/c19-16(11-6-1-2-7-12-16)15-10-13-17-18(15)14-8-4-3-5-9-14/h3-5,8-10,13,19H,1-2,6-7,11-12H2. The van der Waals surface area contributed by atoms with Crippen LogP contribution in [0.5, 0.6) is 0 Å². The van der Waals surface area contributed by atoms with Crippen LogP contribution in [-0.4, -0.2) is 14.9 Å². The largest absolute Gasteiger partial charge is 0.384 e. The molecule has 0 unspecified atom stereocenters. The zero-order valence-corrected chi connectivity index (χ0v) is 11.1. The smallest absolute Gasteiger partial charge is 0.107 e. The van der Waals surface area contributed by atoms with E-state index in [1.165, 1.54) is 12.8 Å². The Morgan fingerprint density at radius 2 is 1.63 bits per heavy atom. The molecule has 19 heavy (non-hydrogen) atoms. The molecule has 3 rings (SSSR count). The maximum absolute atomic E-state index is 11.0. The molecule has 1 aromatic heterocycles. The predicted molar refractivity (Wildman–Crippen MR) is 75.2 cm³/mol. The highest BCUT2D eigenvalue weighted by atomic mass is 16.3.